The molecule has 0 fully saturated rings. The number of carbonyl (C=O) groups excluding carboxylic acids is 1. The van der Waals surface area contributed by atoms with Crippen LogP contribution >= 0.6 is 11.6 Å². The highest BCUT2D eigenvalue weighted by atomic mass is 35.5. The minimum Gasteiger partial charge on any atom is -0.307 e. The van der Waals surface area contributed by atoms with Crippen molar-refractivity contribution in [3.05, 3.63) is 95.8 Å². The minimum atomic E-state index is -4.00. The van der Waals surface area contributed by atoms with Gasteiger partial charge in [-0.3, -0.25) is 0 Å². The average Bonchev–Trinajstić information content (AvgIpc) is 3.24. The zero-order chi connectivity index (χ0) is 22.7. The van der Waals surface area contributed by atoms with Crippen molar-refractivity contribution in [3.8, 4) is 16.8 Å². The van der Waals surface area contributed by atoms with Crippen LogP contribution < -0.4 is 10.0 Å². The van der Waals surface area contributed by atoms with Crippen molar-refractivity contribution in [2.24, 2.45) is 0 Å². The molecule has 9 heteroatoms. The van der Waals surface area contributed by atoms with E-state index >= 15 is 0 Å². The Hall–Kier alpha value is -3.62. The fourth-order valence-corrected chi connectivity index (χ4v) is 4.12. The predicted molar refractivity (Wildman–Crippen MR) is 125 cm³/mol. The zero-order valence-electron chi connectivity index (χ0n) is 17.0. The third-order valence-corrected chi connectivity index (χ3v) is 6.32. The van der Waals surface area contributed by atoms with Crippen molar-refractivity contribution in [3.63, 3.8) is 0 Å². The van der Waals surface area contributed by atoms with Crippen LogP contribution in [0.5, 0.6) is 0 Å². The van der Waals surface area contributed by atoms with Gasteiger partial charge in [-0.1, -0.05) is 47.5 Å². The molecule has 0 bridgehead atoms. The van der Waals surface area contributed by atoms with Crippen molar-refractivity contribution in [1.29, 1.82) is 0 Å². The maximum Gasteiger partial charge on any atom is 0.333 e. The molecule has 0 atom stereocenters. The molecule has 2 N–H and O–H groups in total. The lowest BCUT2D eigenvalue weighted by molar-refractivity contribution is 0.256. The normalized spacial score (nSPS) is 11.2. The van der Waals surface area contributed by atoms with E-state index in [9.17, 15) is 13.2 Å². The number of aromatic nitrogens is 2. The van der Waals surface area contributed by atoms with Crippen LogP contribution in [-0.2, 0) is 10.0 Å². The molecule has 4 rings (SSSR count). The number of hydrogen-bond acceptors (Lipinski definition) is 4. The van der Waals surface area contributed by atoms with Crippen LogP contribution in [0.15, 0.2) is 90.1 Å². The number of carbonyl (C=O) groups is 1. The van der Waals surface area contributed by atoms with Gasteiger partial charge in [0.2, 0.25) is 0 Å². The fourth-order valence-electron chi connectivity index (χ4n) is 3.09. The Morgan fingerprint density at radius 1 is 0.969 bits per heavy atom. The van der Waals surface area contributed by atoms with E-state index in [-0.39, 0.29) is 4.90 Å². The summed E-state index contributed by atoms with van der Waals surface area (Å²) in [7, 11) is -4.00. The zero-order valence-corrected chi connectivity index (χ0v) is 18.6. The number of aryl methyl sites for hydroxylation is 1. The summed E-state index contributed by atoms with van der Waals surface area (Å²) in [6.07, 6.45) is 3.47. The summed E-state index contributed by atoms with van der Waals surface area (Å²) in [5.74, 6) is 0. The first kappa shape index (κ1) is 21.6. The first-order valence-corrected chi connectivity index (χ1v) is 11.5. The largest absolute Gasteiger partial charge is 0.333 e. The van der Waals surface area contributed by atoms with Crippen LogP contribution in [0.3, 0.4) is 0 Å². The molecule has 0 aliphatic heterocycles. The van der Waals surface area contributed by atoms with Crippen molar-refractivity contribution < 1.29 is 13.2 Å². The quantitative estimate of drug-likeness (QED) is 0.432. The first-order valence-electron chi connectivity index (χ1n) is 9.62. The Labute approximate surface area is 190 Å². The van der Waals surface area contributed by atoms with Crippen LogP contribution in [0.1, 0.15) is 5.56 Å². The maximum atomic E-state index is 12.5. The molecule has 1 aromatic heterocycles. The Morgan fingerprint density at radius 2 is 1.66 bits per heavy atom. The molecular formula is C23H19ClN4O3S. The number of rotatable bonds is 5. The predicted octanol–water partition coefficient (Wildman–Crippen LogP) is 5.01. The number of sulfonamides is 1. The van der Waals surface area contributed by atoms with Gasteiger partial charge in [-0.15, -0.1) is 0 Å². The van der Waals surface area contributed by atoms with Gasteiger partial charge < -0.3 is 5.32 Å². The number of halogens is 1. The van der Waals surface area contributed by atoms with E-state index in [0.717, 1.165) is 16.8 Å². The third-order valence-electron chi connectivity index (χ3n) is 4.72. The van der Waals surface area contributed by atoms with E-state index in [1.807, 2.05) is 42.1 Å². The van der Waals surface area contributed by atoms with Crippen molar-refractivity contribution in [1.82, 2.24) is 14.5 Å². The molecule has 0 unspecified atom stereocenters. The molecule has 162 valence electrons. The second-order valence-corrected chi connectivity index (χ2v) is 9.19. The summed E-state index contributed by atoms with van der Waals surface area (Å²) in [5, 5.41) is 7.61. The highest BCUT2D eigenvalue weighted by Gasteiger charge is 2.18. The van der Waals surface area contributed by atoms with E-state index in [1.54, 1.807) is 47.3 Å². The number of anilines is 1. The van der Waals surface area contributed by atoms with Crippen molar-refractivity contribution in [2.45, 2.75) is 11.8 Å². The van der Waals surface area contributed by atoms with Gasteiger partial charge in [-0.25, -0.2) is 22.6 Å². The van der Waals surface area contributed by atoms with E-state index in [2.05, 4.69) is 10.4 Å². The summed E-state index contributed by atoms with van der Waals surface area (Å²) >= 11 is 5.94. The van der Waals surface area contributed by atoms with Gasteiger partial charge in [0.15, 0.2) is 0 Å². The highest BCUT2D eigenvalue weighted by molar-refractivity contribution is 7.90. The van der Waals surface area contributed by atoms with Gasteiger partial charge in [-0.05, 0) is 49.4 Å². The molecule has 0 radical (unpaired) electrons. The third kappa shape index (κ3) is 4.82. The van der Waals surface area contributed by atoms with Gasteiger partial charge >= 0.3 is 6.03 Å². The summed E-state index contributed by atoms with van der Waals surface area (Å²) in [6.45, 7) is 1.85. The molecule has 4 aromatic rings. The number of amides is 2. The van der Waals surface area contributed by atoms with Crippen molar-refractivity contribution >= 4 is 33.3 Å². The van der Waals surface area contributed by atoms with Crippen LogP contribution in [-0.4, -0.2) is 24.2 Å². The molecule has 3 aromatic carbocycles. The van der Waals surface area contributed by atoms with Crippen molar-refractivity contribution in [2.75, 3.05) is 5.32 Å². The molecule has 0 aliphatic carbocycles. The second-order valence-electron chi connectivity index (χ2n) is 7.07. The van der Waals surface area contributed by atoms with Gasteiger partial charge in [0.25, 0.3) is 10.0 Å². The number of urea groups is 1. The molecule has 32 heavy (non-hydrogen) atoms. The molecule has 0 spiro atoms. The highest BCUT2D eigenvalue weighted by Crippen LogP contribution is 2.28. The summed E-state index contributed by atoms with van der Waals surface area (Å²) in [4.78, 5) is 12.5. The summed E-state index contributed by atoms with van der Waals surface area (Å²) in [6, 6.07) is 19.7. The van der Waals surface area contributed by atoms with E-state index < -0.39 is 16.1 Å². The number of nitrogens with zero attached hydrogens (tertiary/aromatic N) is 2. The Kier molecular flexibility index (Phi) is 5.98. The van der Waals surface area contributed by atoms with Crippen LogP contribution in [0.25, 0.3) is 16.8 Å². The van der Waals surface area contributed by atoms with Gasteiger partial charge in [0.1, 0.15) is 0 Å². The van der Waals surface area contributed by atoms with Crippen LogP contribution in [0, 0.1) is 6.92 Å². The molecule has 0 saturated carbocycles. The molecule has 7 nitrogen and oxygen atoms in total. The monoisotopic (exact) mass is 466 g/mol. The Morgan fingerprint density at radius 3 is 2.38 bits per heavy atom. The molecular weight excluding hydrogens is 448 g/mol. The molecule has 0 saturated heterocycles. The SMILES string of the molecule is Cc1ccc(S(=O)(=O)NC(=O)Nc2ccccc2-c2cnn(-c3ccc(Cl)cc3)c2)cc1. The van der Waals surface area contributed by atoms with E-state index in [0.29, 0.717) is 16.3 Å². The molecule has 0 aliphatic rings. The van der Waals surface area contributed by atoms with E-state index in [4.69, 9.17) is 11.6 Å². The lowest BCUT2D eigenvalue weighted by atomic mass is 10.1. The minimum absolute atomic E-state index is 0.00998. The Balaban J connectivity index is 1.54. The Bertz CT molecular complexity index is 1370. The number of nitrogens with one attached hydrogen (secondary N) is 2. The van der Waals surface area contributed by atoms with Crippen LogP contribution in [0.4, 0.5) is 10.5 Å². The number of benzene rings is 3. The smallest absolute Gasteiger partial charge is 0.307 e. The summed E-state index contributed by atoms with van der Waals surface area (Å²) < 4.78 is 28.7. The molecule has 1 heterocycles. The first-order chi connectivity index (χ1) is 15.3. The standard InChI is InChI=1S/C23H19ClN4O3S/c1-16-6-12-20(13-7-16)32(30,31)27-23(29)26-22-5-3-2-4-21(22)17-14-25-28(15-17)19-10-8-18(24)9-11-19/h2-15H,1H3,(H2,26,27,29). The van der Waals surface area contributed by atoms with Gasteiger partial charge in [0.05, 0.1) is 22.5 Å². The second kappa shape index (κ2) is 8.86. The lowest BCUT2D eigenvalue weighted by Gasteiger charge is -2.11. The maximum absolute atomic E-state index is 12.5. The topological polar surface area (TPSA) is 93.1 Å². The number of hydrogen-bond donors (Lipinski definition) is 2. The number of para-hydroxylation sites is 1. The van der Waals surface area contributed by atoms with Crippen LogP contribution in [0.2, 0.25) is 5.02 Å². The lowest BCUT2D eigenvalue weighted by Crippen LogP contribution is -2.34. The van der Waals surface area contributed by atoms with Gasteiger partial charge in [-0.2, -0.15) is 5.10 Å². The van der Waals surface area contributed by atoms with Gasteiger partial charge in [0, 0.05) is 22.3 Å². The molecule has 2 amide bonds. The average molecular weight is 467 g/mol. The summed E-state index contributed by atoms with van der Waals surface area (Å²) in [5.41, 5.74) is 3.63. The fraction of sp³-hybridized carbons (Fsp3) is 0.0435. The van der Waals surface area contributed by atoms with E-state index in [1.165, 1.54) is 12.1 Å².